The quantitative estimate of drug-likeness (QED) is 0.165. The Kier molecular flexibility index (Phi) is 7.31. The number of rotatable bonds is 6. The smallest absolute Gasteiger partial charge is 0.282 e. The molecule has 0 atom stereocenters. The number of benzene rings is 4. The van der Waals surface area contributed by atoms with Gasteiger partial charge in [-0.15, -0.1) is 0 Å². The fourth-order valence-electron chi connectivity index (χ4n) is 4.42. The van der Waals surface area contributed by atoms with E-state index < -0.39 is 0 Å². The summed E-state index contributed by atoms with van der Waals surface area (Å²) in [6.07, 6.45) is 1.54. The van der Waals surface area contributed by atoms with Crippen molar-refractivity contribution in [2.75, 3.05) is 0 Å². The van der Waals surface area contributed by atoms with Gasteiger partial charge in [-0.05, 0) is 76.9 Å². The van der Waals surface area contributed by atoms with Crippen molar-refractivity contribution in [3.05, 3.63) is 126 Å². The highest BCUT2D eigenvalue weighted by Crippen LogP contribution is 2.33. The Morgan fingerprint density at radius 2 is 1.88 bits per heavy atom. The van der Waals surface area contributed by atoms with E-state index in [1.165, 1.54) is 4.68 Å². The molecule has 4 aromatic carbocycles. The molecule has 0 N–H and O–H groups in total. The van der Waals surface area contributed by atoms with E-state index in [-0.39, 0.29) is 11.4 Å². The van der Waals surface area contributed by atoms with Crippen molar-refractivity contribution in [2.45, 2.75) is 13.5 Å². The topological polar surface area (TPSA) is 69.6 Å². The van der Waals surface area contributed by atoms with Crippen molar-refractivity contribution in [3.8, 4) is 17.3 Å². The lowest BCUT2D eigenvalue weighted by Crippen LogP contribution is -2.20. The maximum absolute atomic E-state index is 13.7. The van der Waals surface area contributed by atoms with Gasteiger partial charge in [0.15, 0.2) is 5.76 Å². The van der Waals surface area contributed by atoms with Crippen LogP contribution in [-0.4, -0.2) is 15.9 Å². The van der Waals surface area contributed by atoms with Gasteiger partial charge < -0.3 is 9.15 Å². The Bertz CT molecular complexity index is 2000. The van der Waals surface area contributed by atoms with Crippen molar-refractivity contribution < 1.29 is 9.15 Å². The van der Waals surface area contributed by atoms with E-state index in [1.54, 1.807) is 36.5 Å². The number of halogens is 3. The summed E-state index contributed by atoms with van der Waals surface area (Å²) >= 11 is 13.4. The van der Waals surface area contributed by atoms with Gasteiger partial charge >= 0.3 is 0 Å². The van der Waals surface area contributed by atoms with Gasteiger partial charge in [-0.3, -0.25) is 4.79 Å². The highest BCUT2D eigenvalue weighted by molar-refractivity contribution is 9.10. The predicted molar refractivity (Wildman–Crippen MR) is 167 cm³/mol. The van der Waals surface area contributed by atoms with Gasteiger partial charge in [0.25, 0.3) is 5.56 Å². The molecule has 0 spiro atoms. The molecule has 0 saturated heterocycles. The summed E-state index contributed by atoms with van der Waals surface area (Å²) in [5.41, 5.74) is 3.64. The molecule has 0 aliphatic carbocycles. The number of furan rings is 1. The molecule has 0 fully saturated rings. The number of nitrogens with zero attached hydrogens (tertiary/aromatic N) is 3. The lowest BCUT2D eigenvalue weighted by molar-refractivity contribution is 0.304. The molecule has 6 nitrogen and oxygen atoms in total. The summed E-state index contributed by atoms with van der Waals surface area (Å²) < 4.78 is 15.1. The van der Waals surface area contributed by atoms with Crippen molar-refractivity contribution in [1.82, 2.24) is 9.66 Å². The normalized spacial score (nSPS) is 11.6. The molecular formula is C31H20Br2ClN3O3. The number of para-hydroxylation sites is 1. The molecule has 6 rings (SSSR count). The number of hydrogen-bond acceptors (Lipinski definition) is 5. The molecule has 0 saturated carbocycles. The Balaban J connectivity index is 1.46. The zero-order valence-corrected chi connectivity index (χ0v) is 25.0. The zero-order chi connectivity index (χ0) is 27.8. The predicted octanol–water partition coefficient (Wildman–Crippen LogP) is 8.76. The van der Waals surface area contributed by atoms with Crippen LogP contribution in [0.15, 0.2) is 108 Å². The lowest BCUT2D eigenvalue weighted by Gasteiger charge is -2.13. The first-order valence-corrected chi connectivity index (χ1v) is 14.2. The fraction of sp³-hybridized carbons (Fsp3) is 0.0645. The largest absolute Gasteiger partial charge is 0.487 e. The molecule has 2 aromatic heterocycles. The molecule has 0 aliphatic heterocycles. The van der Waals surface area contributed by atoms with Crippen LogP contribution in [0.2, 0.25) is 5.02 Å². The van der Waals surface area contributed by atoms with Crippen LogP contribution in [0.1, 0.15) is 16.7 Å². The maximum Gasteiger partial charge on any atom is 0.282 e. The van der Waals surface area contributed by atoms with Crippen LogP contribution in [0.4, 0.5) is 0 Å². The molecule has 40 heavy (non-hydrogen) atoms. The van der Waals surface area contributed by atoms with E-state index in [0.717, 1.165) is 21.0 Å². The Morgan fingerprint density at radius 1 is 1.02 bits per heavy atom. The number of aryl methyl sites for hydroxylation is 1. The second-order valence-electron chi connectivity index (χ2n) is 9.19. The summed E-state index contributed by atoms with van der Waals surface area (Å²) in [6, 6.07) is 26.3. The first-order valence-electron chi connectivity index (χ1n) is 12.3. The van der Waals surface area contributed by atoms with Crippen molar-refractivity contribution in [3.63, 3.8) is 0 Å². The number of fused-ring (bicyclic) bond motifs is 2. The van der Waals surface area contributed by atoms with Crippen molar-refractivity contribution >= 4 is 71.5 Å². The van der Waals surface area contributed by atoms with Crippen LogP contribution >= 0.6 is 43.5 Å². The van der Waals surface area contributed by atoms with Crippen molar-refractivity contribution in [2.24, 2.45) is 5.10 Å². The molecule has 0 bridgehead atoms. The third-order valence-electron chi connectivity index (χ3n) is 6.27. The van der Waals surface area contributed by atoms with E-state index in [1.807, 2.05) is 55.5 Å². The summed E-state index contributed by atoms with van der Waals surface area (Å²) in [7, 11) is 0. The highest BCUT2D eigenvalue weighted by atomic mass is 79.9. The van der Waals surface area contributed by atoms with Crippen molar-refractivity contribution in [1.29, 1.82) is 0 Å². The van der Waals surface area contributed by atoms with Gasteiger partial charge in [0.2, 0.25) is 5.82 Å². The van der Waals surface area contributed by atoms with Gasteiger partial charge in [-0.2, -0.15) is 9.78 Å². The molecule has 2 heterocycles. The zero-order valence-electron chi connectivity index (χ0n) is 21.1. The van der Waals surface area contributed by atoms with E-state index in [9.17, 15) is 4.79 Å². The summed E-state index contributed by atoms with van der Waals surface area (Å²) in [5, 5.41) is 6.38. The molecule has 0 radical (unpaired) electrons. The van der Waals surface area contributed by atoms with E-state index >= 15 is 0 Å². The monoisotopic (exact) mass is 675 g/mol. The number of aromatic nitrogens is 2. The standard InChI is InChI=1S/C31H20Br2ClN3O3/c1-18-5-4-6-19(11-18)17-39-29-21(13-23(34)15-25(29)33)16-35-37-30(36-26-8-3-2-7-24(26)31(37)38)28-14-20-12-22(32)9-10-27(20)40-28/h2-16H,17H2,1H3. The Hall–Kier alpha value is -3.72. The van der Waals surface area contributed by atoms with Crippen LogP contribution < -0.4 is 10.3 Å². The second-order valence-corrected chi connectivity index (χ2v) is 11.4. The highest BCUT2D eigenvalue weighted by Gasteiger charge is 2.17. The molecule has 198 valence electrons. The molecule has 9 heteroatoms. The Morgan fingerprint density at radius 3 is 2.73 bits per heavy atom. The lowest BCUT2D eigenvalue weighted by atomic mass is 10.1. The minimum absolute atomic E-state index is 0.274. The first kappa shape index (κ1) is 26.5. The number of hydrogen-bond donors (Lipinski definition) is 0. The van der Waals surface area contributed by atoms with Gasteiger partial charge in [0, 0.05) is 20.4 Å². The molecule has 6 aromatic rings. The van der Waals surface area contributed by atoms with E-state index in [4.69, 9.17) is 25.7 Å². The molecule has 0 unspecified atom stereocenters. The van der Waals surface area contributed by atoms with Crippen LogP contribution in [0.5, 0.6) is 5.75 Å². The van der Waals surface area contributed by atoms with Crippen LogP contribution in [0.3, 0.4) is 0 Å². The summed E-state index contributed by atoms with van der Waals surface area (Å²) in [6.45, 7) is 2.38. The minimum Gasteiger partial charge on any atom is -0.487 e. The number of ether oxygens (including phenoxy) is 1. The average Bonchev–Trinajstić information content (AvgIpc) is 3.35. The SMILES string of the molecule is Cc1cccc(COc2c(Br)cc(Cl)cc2C=Nn2c(-c3cc4cc(Br)ccc4o3)nc3ccccc3c2=O)c1. The molecule has 0 amide bonds. The van der Waals surface area contributed by atoms with E-state index in [2.05, 4.69) is 43.0 Å². The molecular weight excluding hydrogens is 658 g/mol. The van der Waals surface area contributed by atoms with Crippen LogP contribution in [-0.2, 0) is 6.61 Å². The third kappa shape index (κ3) is 5.35. The Labute approximate surface area is 251 Å². The summed E-state index contributed by atoms with van der Waals surface area (Å²) in [4.78, 5) is 18.4. The second kappa shape index (κ2) is 11.0. The minimum atomic E-state index is -0.332. The fourth-order valence-corrected chi connectivity index (χ4v) is 5.75. The van der Waals surface area contributed by atoms with Crippen LogP contribution in [0.25, 0.3) is 33.5 Å². The van der Waals surface area contributed by atoms with Gasteiger partial charge in [-0.1, -0.05) is 69.5 Å². The average molecular weight is 678 g/mol. The van der Waals surface area contributed by atoms with Crippen LogP contribution in [0, 0.1) is 6.92 Å². The van der Waals surface area contributed by atoms with Gasteiger partial charge in [-0.25, -0.2) is 4.98 Å². The van der Waals surface area contributed by atoms with Gasteiger partial charge in [0.05, 0.1) is 21.6 Å². The first-order chi connectivity index (χ1) is 19.4. The summed E-state index contributed by atoms with van der Waals surface area (Å²) in [5.74, 6) is 1.23. The van der Waals surface area contributed by atoms with Gasteiger partial charge in [0.1, 0.15) is 17.9 Å². The molecule has 0 aliphatic rings. The third-order valence-corrected chi connectivity index (χ3v) is 7.57. The maximum atomic E-state index is 13.7. The van der Waals surface area contributed by atoms with E-state index in [0.29, 0.717) is 49.7 Å².